The highest BCUT2D eigenvalue weighted by Gasteiger charge is 2.25. The van der Waals surface area contributed by atoms with Gasteiger partial charge in [0.2, 0.25) is 10.0 Å². The number of carbonyl (C=O) groups excluding carboxylic acids is 1. The maximum atomic E-state index is 12.9. The highest BCUT2D eigenvalue weighted by molar-refractivity contribution is 7.89. The lowest BCUT2D eigenvalue weighted by molar-refractivity contribution is 0.0998. The summed E-state index contributed by atoms with van der Waals surface area (Å²) in [5.74, 6) is -0.766. The predicted molar refractivity (Wildman–Crippen MR) is 117 cm³/mol. The minimum Gasteiger partial charge on any atom is -0.393 e. The van der Waals surface area contributed by atoms with Crippen molar-refractivity contribution in [3.8, 4) is 11.3 Å². The summed E-state index contributed by atoms with van der Waals surface area (Å²) >= 11 is 0. The van der Waals surface area contributed by atoms with Gasteiger partial charge in [-0.3, -0.25) is 4.79 Å². The minimum atomic E-state index is -3.78. The molecule has 1 fully saturated rings. The Bertz CT molecular complexity index is 1120. The third-order valence-corrected chi connectivity index (χ3v) is 6.61. The Balaban J connectivity index is 1.94. The van der Waals surface area contributed by atoms with E-state index in [4.69, 9.17) is 11.5 Å². The fourth-order valence-electron chi connectivity index (χ4n) is 3.42. The maximum Gasteiger partial charge on any atom is 0.301 e. The lowest BCUT2D eigenvalue weighted by Crippen LogP contribution is -2.38. The summed E-state index contributed by atoms with van der Waals surface area (Å²) in [5.41, 5.74) is 12.6. The second-order valence-corrected chi connectivity index (χ2v) is 9.36. The molecule has 31 heavy (non-hydrogen) atoms. The van der Waals surface area contributed by atoms with Gasteiger partial charge in [0.1, 0.15) is 5.84 Å². The molecule has 10 nitrogen and oxygen atoms in total. The van der Waals surface area contributed by atoms with Gasteiger partial charge in [-0.1, -0.05) is 6.07 Å². The van der Waals surface area contributed by atoms with Gasteiger partial charge >= 0.3 is 5.91 Å². The molecule has 1 aromatic carbocycles. The SMILES string of the molecule is CC(N)=NC(=O)c1nc(-c2cc(S(=O)(=O)NC3CCC(O)CC3)ccc2C)cnc1N. The number of hydrogen-bond donors (Lipinski definition) is 4. The van der Waals surface area contributed by atoms with Crippen LogP contribution in [0, 0.1) is 6.92 Å². The number of benzene rings is 1. The molecular weight excluding hydrogens is 420 g/mol. The van der Waals surface area contributed by atoms with Gasteiger partial charge in [-0.2, -0.15) is 4.99 Å². The molecule has 0 spiro atoms. The summed E-state index contributed by atoms with van der Waals surface area (Å²) in [7, 11) is -3.78. The Morgan fingerprint density at radius 2 is 1.94 bits per heavy atom. The van der Waals surface area contributed by atoms with Crippen molar-refractivity contribution in [3.63, 3.8) is 0 Å². The number of aliphatic hydroxyl groups is 1. The van der Waals surface area contributed by atoms with Crippen molar-refractivity contribution in [2.45, 2.75) is 56.6 Å². The van der Waals surface area contributed by atoms with E-state index in [0.717, 1.165) is 5.56 Å². The van der Waals surface area contributed by atoms with Crippen LogP contribution in [-0.4, -0.2) is 47.4 Å². The summed E-state index contributed by atoms with van der Waals surface area (Å²) in [5, 5.41) is 9.63. The molecule has 0 saturated heterocycles. The number of aromatic nitrogens is 2. The molecule has 1 aromatic heterocycles. The lowest BCUT2D eigenvalue weighted by Gasteiger charge is -2.26. The molecule has 0 aliphatic heterocycles. The van der Waals surface area contributed by atoms with E-state index in [2.05, 4.69) is 19.7 Å². The highest BCUT2D eigenvalue weighted by Crippen LogP contribution is 2.27. The van der Waals surface area contributed by atoms with Crippen molar-refractivity contribution in [2.75, 3.05) is 5.73 Å². The number of rotatable bonds is 5. The van der Waals surface area contributed by atoms with Crippen LogP contribution in [0.2, 0.25) is 0 Å². The molecule has 1 amide bonds. The Morgan fingerprint density at radius 3 is 2.58 bits per heavy atom. The molecule has 11 heteroatoms. The van der Waals surface area contributed by atoms with Gasteiger partial charge in [0, 0.05) is 11.6 Å². The van der Waals surface area contributed by atoms with Gasteiger partial charge in [0.25, 0.3) is 0 Å². The molecular formula is C20H26N6O4S. The normalized spacial score (nSPS) is 19.9. The summed E-state index contributed by atoms with van der Waals surface area (Å²) < 4.78 is 28.5. The van der Waals surface area contributed by atoms with E-state index in [1.807, 2.05) is 0 Å². The molecule has 1 saturated carbocycles. The Labute approximate surface area is 180 Å². The van der Waals surface area contributed by atoms with Crippen LogP contribution in [0.3, 0.4) is 0 Å². The number of nitrogen functional groups attached to an aromatic ring is 1. The average molecular weight is 447 g/mol. The fraction of sp³-hybridized carbons (Fsp3) is 0.400. The van der Waals surface area contributed by atoms with E-state index >= 15 is 0 Å². The first kappa shape index (κ1) is 22.8. The number of nitrogens with zero attached hydrogens (tertiary/aromatic N) is 3. The molecule has 6 N–H and O–H groups in total. The molecule has 1 aliphatic carbocycles. The summed E-state index contributed by atoms with van der Waals surface area (Å²) in [6.07, 6.45) is 3.29. The number of aliphatic imine (C=N–C) groups is 1. The number of nitrogens with two attached hydrogens (primary N) is 2. The first-order valence-electron chi connectivity index (χ1n) is 9.86. The number of amides is 1. The average Bonchev–Trinajstić information content (AvgIpc) is 2.69. The van der Waals surface area contributed by atoms with Crippen LogP contribution in [0.4, 0.5) is 5.82 Å². The van der Waals surface area contributed by atoms with Gasteiger partial charge in [-0.25, -0.2) is 23.1 Å². The molecule has 1 aliphatic rings. The fourth-order valence-corrected chi connectivity index (χ4v) is 4.75. The zero-order valence-corrected chi connectivity index (χ0v) is 18.2. The van der Waals surface area contributed by atoms with Gasteiger partial charge in [0.15, 0.2) is 11.5 Å². The van der Waals surface area contributed by atoms with Crippen molar-refractivity contribution in [2.24, 2.45) is 10.7 Å². The molecule has 0 bridgehead atoms. The van der Waals surface area contributed by atoms with E-state index in [9.17, 15) is 18.3 Å². The van der Waals surface area contributed by atoms with E-state index in [-0.39, 0.29) is 40.1 Å². The topological polar surface area (TPSA) is 174 Å². The van der Waals surface area contributed by atoms with Crippen LogP contribution in [0.15, 0.2) is 34.3 Å². The van der Waals surface area contributed by atoms with E-state index in [1.165, 1.54) is 25.3 Å². The first-order chi connectivity index (χ1) is 14.6. The van der Waals surface area contributed by atoms with Gasteiger partial charge in [0.05, 0.1) is 22.9 Å². The number of carbonyl (C=O) groups is 1. The van der Waals surface area contributed by atoms with E-state index in [1.54, 1.807) is 13.0 Å². The second-order valence-electron chi connectivity index (χ2n) is 7.65. The van der Waals surface area contributed by atoms with Crippen molar-refractivity contribution in [1.82, 2.24) is 14.7 Å². The van der Waals surface area contributed by atoms with Crippen LogP contribution >= 0.6 is 0 Å². The van der Waals surface area contributed by atoms with Crippen molar-refractivity contribution < 1.29 is 18.3 Å². The Hall–Kier alpha value is -2.89. The standard InChI is InChI=1S/C20H26N6O4S/c1-11-3-8-15(31(29,30)26-13-4-6-14(27)7-5-13)9-16(11)17-10-23-19(22)18(25-17)20(28)24-12(2)21/h3,8-10,13-14,26-27H,4-7H2,1-2H3,(H2,22,23)(H2,21,24,28). The zero-order valence-electron chi connectivity index (χ0n) is 17.4. The molecule has 2 aromatic rings. The summed E-state index contributed by atoms with van der Waals surface area (Å²) in [6.45, 7) is 3.26. The number of anilines is 1. The number of sulfonamides is 1. The van der Waals surface area contributed by atoms with Gasteiger partial charge in [-0.05, 0) is 57.2 Å². The molecule has 3 rings (SSSR count). The number of hydrogen-bond acceptors (Lipinski definition) is 7. The Kier molecular flexibility index (Phi) is 6.68. The maximum absolute atomic E-state index is 12.9. The first-order valence-corrected chi connectivity index (χ1v) is 11.3. The molecule has 166 valence electrons. The van der Waals surface area contributed by atoms with E-state index < -0.39 is 15.9 Å². The smallest absolute Gasteiger partial charge is 0.301 e. The predicted octanol–water partition coefficient (Wildman–Crippen LogP) is 1.13. The van der Waals surface area contributed by atoms with Crippen LogP contribution in [0.25, 0.3) is 11.3 Å². The number of aryl methyl sites for hydroxylation is 1. The van der Waals surface area contributed by atoms with Crippen molar-refractivity contribution >= 4 is 27.6 Å². The summed E-state index contributed by atoms with van der Waals surface area (Å²) in [6, 6.07) is 4.44. The summed E-state index contributed by atoms with van der Waals surface area (Å²) in [4.78, 5) is 24.2. The third kappa shape index (κ3) is 5.43. The van der Waals surface area contributed by atoms with Gasteiger partial charge < -0.3 is 16.6 Å². The van der Waals surface area contributed by atoms with Crippen LogP contribution < -0.4 is 16.2 Å². The number of nitrogens with one attached hydrogen (secondary N) is 1. The highest BCUT2D eigenvalue weighted by atomic mass is 32.2. The largest absolute Gasteiger partial charge is 0.393 e. The van der Waals surface area contributed by atoms with Crippen molar-refractivity contribution in [1.29, 1.82) is 0 Å². The Morgan fingerprint density at radius 1 is 1.26 bits per heavy atom. The van der Waals surface area contributed by atoms with Crippen molar-refractivity contribution in [3.05, 3.63) is 35.7 Å². The number of aliphatic hydroxyl groups excluding tert-OH is 1. The van der Waals surface area contributed by atoms with Crippen LogP contribution in [0.1, 0.15) is 48.7 Å². The monoisotopic (exact) mass is 446 g/mol. The quantitative estimate of drug-likeness (QED) is 0.390. The number of amidine groups is 1. The molecule has 0 atom stereocenters. The zero-order chi connectivity index (χ0) is 22.8. The van der Waals surface area contributed by atoms with Crippen LogP contribution in [0.5, 0.6) is 0 Å². The van der Waals surface area contributed by atoms with Crippen LogP contribution in [-0.2, 0) is 10.0 Å². The molecule has 1 heterocycles. The second kappa shape index (κ2) is 9.08. The minimum absolute atomic E-state index is 0.0576. The third-order valence-electron chi connectivity index (χ3n) is 5.10. The van der Waals surface area contributed by atoms with E-state index in [0.29, 0.717) is 31.2 Å². The molecule has 0 radical (unpaired) electrons. The lowest BCUT2D eigenvalue weighted by atomic mass is 9.94. The molecule has 0 unspecified atom stereocenters. The van der Waals surface area contributed by atoms with Gasteiger partial charge in [-0.15, -0.1) is 0 Å².